The van der Waals surface area contributed by atoms with Crippen molar-refractivity contribution in [3.63, 3.8) is 0 Å². The lowest BCUT2D eigenvalue weighted by Gasteiger charge is -2.19. The van der Waals surface area contributed by atoms with E-state index < -0.39 is 11.7 Å². The topological polar surface area (TPSA) is 98.5 Å². The van der Waals surface area contributed by atoms with E-state index in [0.29, 0.717) is 31.2 Å². The molecule has 0 aliphatic carbocycles. The van der Waals surface area contributed by atoms with Gasteiger partial charge in [-0.1, -0.05) is 12.1 Å². The van der Waals surface area contributed by atoms with Crippen LogP contribution in [-0.2, 0) is 11.3 Å². The van der Waals surface area contributed by atoms with Crippen molar-refractivity contribution in [2.24, 2.45) is 4.99 Å². The minimum Gasteiger partial charge on any atom is -0.444 e. The van der Waals surface area contributed by atoms with Crippen molar-refractivity contribution in [3.05, 3.63) is 35.4 Å². The van der Waals surface area contributed by atoms with E-state index >= 15 is 0 Å². The Balaban J connectivity index is 0.00000625. The van der Waals surface area contributed by atoms with Gasteiger partial charge in [0.25, 0.3) is 0 Å². The molecular weight excluding hydrogens is 445 g/mol. The molecule has 1 rings (SSSR count). The molecule has 0 bridgehead atoms. The summed E-state index contributed by atoms with van der Waals surface area (Å²) in [6, 6.07) is 9.47. The summed E-state index contributed by atoms with van der Waals surface area (Å²) in [7, 11) is 0. The molecule has 0 saturated heterocycles. The van der Waals surface area contributed by atoms with E-state index in [2.05, 4.69) is 27.0 Å². The monoisotopic (exact) mass is 473 g/mol. The second kappa shape index (κ2) is 12.4. The van der Waals surface area contributed by atoms with E-state index in [9.17, 15) is 4.79 Å². The number of carbonyl (C=O) groups excluding carboxylic acids is 1. The number of rotatable bonds is 6. The van der Waals surface area contributed by atoms with Crippen molar-refractivity contribution in [2.75, 3.05) is 19.6 Å². The lowest BCUT2D eigenvalue weighted by molar-refractivity contribution is 0.0529. The summed E-state index contributed by atoms with van der Waals surface area (Å²) < 4.78 is 5.17. The zero-order chi connectivity index (χ0) is 18.7. The van der Waals surface area contributed by atoms with E-state index in [1.54, 1.807) is 6.07 Å². The Hall–Kier alpha value is -2.02. The number of benzene rings is 1. The number of guanidine groups is 1. The minimum atomic E-state index is -0.508. The molecule has 1 aromatic rings. The van der Waals surface area contributed by atoms with Crippen molar-refractivity contribution < 1.29 is 9.53 Å². The first-order chi connectivity index (χ1) is 11.8. The quantitative estimate of drug-likeness (QED) is 0.256. The van der Waals surface area contributed by atoms with Crippen molar-refractivity contribution in [1.82, 2.24) is 16.0 Å². The van der Waals surface area contributed by atoms with Crippen LogP contribution < -0.4 is 16.0 Å². The van der Waals surface area contributed by atoms with Gasteiger partial charge in [0.1, 0.15) is 5.60 Å². The zero-order valence-corrected chi connectivity index (χ0v) is 18.1. The smallest absolute Gasteiger partial charge is 0.407 e. The molecule has 0 unspecified atom stereocenters. The lowest BCUT2D eigenvalue weighted by atomic mass is 10.1. The number of carbonyl (C=O) groups is 1. The van der Waals surface area contributed by atoms with Crippen LogP contribution in [0.4, 0.5) is 4.79 Å². The van der Waals surface area contributed by atoms with Gasteiger partial charge < -0.3 is 20.7 Å². The summed E-state index contributed by atoms with van der Waals surface area (Å²) >= 11 is 0. The van der Waals surface area contributed by atoms with E-state index in [1.165, 1.54) is 0 Å². The zero-order valence-electron chi connectivity index (χ0n) is 15.8. The van der Waals surface area contributed by atoms with Crippen LogP contribution in [0.2, 0.25) is 0 Å². The molecule has 0 saturated carbocycles. The van der Waals surface area contributed by atoms with Crippen LogP contribution in [0, 0.1) is 11.3 Å². The molecule has 0 aliphatic rings. The fraction of sp³-hybridized carbons (Fsp3) is 0.500. The first kappa shape index (κ1) is 24.0. The number of aliphatic imine (C=N–C) groups is 1. The van der Waals surface area contributed by atoms with Crippen LogP contribution in [0.15, 0.2) is 29.3 Å². The third kappa shape index (κ3) is 10.8. The molecule has 8 heteroatoms. The predicted octanol–water partition coefficient (Wildman–Crippen LogP) is 2.76. The van der Waals surface area contributed by atoms with Gasteiger partial charge >= 0.3 is 6.09 Å². The van der Waals surface area contributed by atoms with Gasteiger partial charge in [-0.3, -0.25) is 0 Å². The Labute approximate surface area is 172 Å². The minimum absolute atomic E-state index is 0. The van der Waals surface area contributed by atoms with Crippen LogP contribution in [0.25, 0.3) is 0 Å². The molecule has 0 heterocycles. The standard InChI is InChI=1S/C18H27N5O2.HI/c1-5-20-16(21-9-10-22-17(24)25-18(2,3)4)23-13-15-8-6-7-14(11-15)12-19;/h6-8,11H,5,9-10,13H2,1-4H3,(H,22,24)(H2,20,21,23);1H. The molecule has 144 valence electrons. The molecule has 0 spiro atoms. The average molecular weight is 473 g/mol. The molecule has 1 amide bonds. The average Bonchev–Trinajstić information content (AvgIpc) is 2.55. The first-order valence-electron chi connectivity index (χ1n) is 8.32. The molecule has 0 fully saturated rings. The van der Waals surface area contributed by atoms with Crippen LogP contribution in [0.1, 0.15) is 38.8 Å². The van der Waals surface area contributed by atoms with Crippen LogP contribution in [-0.4, -0.2) is 37.3 Å². The Morgan fingerprint density at radius 3 is 2.54 bits per heavy atom. The maximum absolute atomic E-state index is 11.6. The fourth-order valence-electron chi connectivity index (χ4n) is 1.91. The number of alkyl carbamates (subject to hydrolysis) is 1. The summed E-state index contributed by atoms with van der Waals surface area (Å²) in [5.41, 5.74) is 1.07. The van der Waals surface area contributed by atoms with Crippen molar-refractivity contribution in [3.8, 4) is 6.07 Å². The van der Waals surface area contributed by atoms with E-state index in [0.717, 1.165) is 12.1 Å². The van der Waals surface area contributed by atoms with Gasteiger partial charge in [-0.15, -0.1) is 24.0 Å². The number of nitrogens with one attached hydrogen (secondary N) is 3. The second-order valence-corrected chi connectivity index (χ2v) is 6.36. The summed E-state index contributed by atoms with van der Waals surface area (Å²) in [6.45, 7) is 9.57. The van der Waals surface area contributed by atoms with Crippen LogP contribution in [0.5, 0.6) is 0 Å². The van der Waals surface area contributed by atoms with Gasteiger partial charge in [-0.05, 0) is 45.4 Å². The van der Waals surface area contributed by atoms with Gasteiger partial charge in [0, 0.05) is 19.6 Å². The van der Waals surface area contributed by atoms with Crippen molar-refractivity contribution >= 4 is 36.0 Å². The molecule has 0 aliphatic heterocycles. The fourth-order valence-corrected chi connectivity index (χ4v) is 1.91. The molecular formula is C18H28IN5O2. The summed E-state index contributed by atoms with van der Waals surface area (Å²) in [4.78, 5) is 16.0. The normalized spacial score (nSPS) is 11.0. The number of hydrogen-bond acceptors (Lipinski definition) is 4. The maximum atomic E-state index is 11.6. The second-order valence-electron chi connectivity index (χ2n) is 6.36. The van der Waals surface area contributed by atoms with E-state index in [-0.39, 0.29) is 24.0 Å². The first-order valence-corrected chi connectivity index (χ1v) is 8.32. The molecule has 7 nitrogen and oxygen atoms in total. The van der Waals surface area contributed by atoms with Gasteiger partial charge in [0.05, 0.1) is 18.2 Å². The Kier molecular flexibility index (Phi) is 11.4. The van der Waals surface area contributed by atoms with Crippen molar-refractivity contribution in [2.45, 2.75) is 39.8 Å². The SMILES string of the molecule is CCNC(=NCc1cccc(C#N)c1)NCCNC(=O)OC(C)(C)C.I. The molecule has 0 radical (unpaired) electrons. The summed E-state index contributed by atoms with van der Waals surface area (Å²) in [5.74, 6) is 0.649. The maximum Gasteiger partial charge on any atom is 0.407 e. The summed E-state index contributed by atoms with van der Waals surface area (Å²) in [6.07, 6.45) is -0.440. The number of nitrogens with zero attached hydrogens (tertiary/aromatic N) is 2. The third-order valence-corrected chi connectivity index (χ3v) is 2.91. The Morgan fingerprint density at radius 1 is 1.23 bits per heavy atom. The lowest BCUT2D eigenvalue weighted by Crippen LogP contribution is -2.42. The highest BCUT2D eigenvalue weighted by Crippen LogP contribution is 2.06. The molecule has 26 heavy (non-hydrogen) atoms. The highest BCUT2D eigenvalue weighted by atomic mass is 127. The number of nitriles is 1. The van der Waals surface area contributed by atoms with Crippen LogP contribution >= 0.6 is 24.0 Å². The molecule has 1 aromatic carbocycles. The predicted molar refractivity (Wildman–Crippen MR) is 114 cm³/mol. The largest absolute Gasteiger partial charge is 0.444 e. The molecule has 0 atom stereocenters. The number of ether oxygens (including phenoxy) is 1. The molecule has 3 N–H and O–H groups in total. The van der Waals surface area contributed by atoms with Crippen molar-refractivity contribution in [1.29, 1.82) is 5.26 Å². The third-order valence-electron chi connectivity index (χ3n) is 2.91. The summed E-state index contributed by atoms with van der Waals surface area (Å²) in [5, 5.41) is 17.9. The highest BCUT2D eigenvalue weighted by Gasteiger charge is 2.15. The van der Waals surface area contributed by atoms with E-state index in [4.69, 9.17) is 10.00 Å². The van der Waals surface area contributed by atoms with Gasteiger partial charge in [0.15, 0.2) is 5.96 Å². The Morgan fingerprint density at radius 2 is 1.92 bits per heavy atom. The van der Waals surface area contributed by atoms with Gasteiger partial charge in [-0.25, -0.2) is 9.79 Å². The highest BCUT2D eigenvalue weighted by molar-refractivity contribution is 14.0. The molecule has 0 aromatic heterocycles. The van der Waals surface area contributed by atoms with Gasteiger partial charge in [0.2, 0.25) is 0 Å². The van der Waals surface area contributed by atoms with Crippen LogP contribution in [0.3, 0.4) is 0 Å². The number of hydrogen-bond donors (Lipinski definition) is 3. The van der Waals surface area contributed by atoms with E-state index in [1.807, 2.05) is 45.9 Å². The van der Waals surface area contributed by atoms with Gasteiger partial charge in [-0.2, -0.15) is 5.26 Å². The Bertz CT molecular complexity index is 635. The number of amides is 1. The number of halogens is 1.